The third kappa shape index (κ3) is 4.85. The molecule has 3 aromatic rings. The monoisotopic (exact) mass is 522 g/mol. The molecule has 2 unspecified atom stereocenters. The van der Waals surface area contributed by atoms with Crippen LogP contribution >= 0.6 is 0 Å². The molecule has 0 nitrogen and oxygen atoms in total. The van der Waals surface area contributed by atoms with Gasteiger partial charge in [-0.05, 0) is 0 Å². The maximum Gasteiger partial charge on any atom is -1.00 e. The third-order valence-corrected chi connectivity index (χ3v) is 10.3. The van der Waals surface area contributed by atoms with E-state index in [1.54, 1.807) is 14.4 Å². The number of halogens is 2. The molecular weight excluding hydrogens is 498 g/mol. The Balaban J connectivity index is 0.00000136. The summed E-state index contributed by atoms with van der Waals surface area (Å²) in [6.45, 7) is 2.31. The minimum atomic E-state index is -0.749. The van der Waals surface area contributed by atoms with Crippen LogP contribution in [0.1, 0.15) is 58.0 Å². The second kappa shape index (κ2) is 11.0. The van der Waals surface area contributed by atoms with E-state index in [1.807, 2.05) is 0 Å². The van der Waals surface area contributed by atoms with Gasteiger partial charge in [0.2, 0.25) is 0 Å². The van der Waals surface area contributed by atoms with Crippen molar-refractivity contribution in [3.8, 4) is 11.1 Å². The van der Waals surface area contributed by atoms with Gasteiger partial charge in [0.25, 0.3) is 0 Å². The van der Waals surface area contributed by atoms with Gasteiger partial charge in [-0.1, -0.05) is 0 Å². The molecule has 0 radical (unpaired) electrons. The van der Waals surface area contributed by atoms with Crippen LogP contribution in [0.25, 0.3) is 23.3 Å². The van der Waals surface area contributed by atoms with E-state index >= 15 is 0 Å². The van der Waals surface area contributed by atoms with Gasteiger partial charge < -0.3 is 24.8 Å². The summed E-state index contributed by atoms with van der Waals surface area (Å²) in [6, 6.07) is 26.8. The van der Waals surface area contributed by atoms with Gasteiger partial charge in [0, 0.05) is 0 Å². The van der Waals surface area contributed by atoms with Crippen molar-refractivity contribution < 1.29 is 48.0 Å². The van der Waals surface area contributed by atoms with E-state index < -0.39 is 23.2 Å². The molecule has 2 aliphatic rings. The van der Waals surface area contributed by atoms with Crippen LogP contribution in [-0.2, 0) is 23.2 Å². The van der Waals surface area contributed by atoms with Crippen LogP contribution in [0.5, 0.6) is 0 Å². The Bertz CT molecular complexity index is 1090. The molecule has 156 valence electrons. The van der Waals surface area contributed by atoms with Gasteiger partial charge in [-0.25, -0.2) is 0 Å². The van der Waals surface area contributed by atoms with Crippen molar-refractivity contribution in [3.05, 3.63) is 104 Å². The summed E-state index contributed by atoms with van der Waals surface area (Å²) in [5, 5.41) is 0. The molecule has 3 aromatic carbocycles. The fourth-order valence-electron chi connectivity index (χ4n) is 4.77. The Morgan fingerprint density at radius 2 is 1.55 bits per heavy atom. The normalized spacial score (nSPS) is 17.6. The van der Waals surface area contributed by atoms with Gasteiger partial charge in [0.1, 0.15) is 0 Å². The smallest absolute Gasteiger partial charge is 1.00 e. The number of fused-ring (bicyclic) bond motifs is 2. The van der Waals surface area contributed by atoms with Crippen molar-refractivity contribution in [3.63, 3.8) is 0 Å². The van der Waals surface area contributed by atoms with Crippen LogP contribution in [0.4, 0.5) is 0 Å². The standard InChI is InChI=1S/C15H11.C13H15.2ClH.Zr/c1-2-6-12(7-3-1)14-10-4-8-13-9-5-11-15(13)14;1-2-3-6-11-9-10-12-7-4-5-8-13(11)12;;;/h1-11H;4-5,7-8,10-11H,2-3,6H2,1H3;2*1H;/q;;;;+2/p-2. The molecule has 0 aromatic heterocycles. The van der Waals surface area contributed by atoms with Crippen LogP contribution in [0.3, 0.4) is 0 Å². The predicted octanol–water partition coefficient (Wildman–Crippen LogP) is 1.84. The maximum absolute atomic E-state index is 2.55. The van der Waals surface area contributed by atoms with E-state index in [0.29, 0.717) is 9.54 Å². The summed E-state index contributed by atoms with van der Waals surface area (Å²) in [6.07, 6.45) is 11.4. The zero-order chi connectivity index (χ0) is 19.6. The topological polar surface area (TPSA) is 0 Å². The Morgan fingerprint density at radius 3 is 2.35 bits per heavy atom. The second-order valence-electron chi connectivity index (χ2n) is 8.08. The molecule has 0 spiro atoms. The van der Waals surface area contributed by atoms with E-state index in [2.05, 4.69) is 97.9 Å². The summed E-state index contributed by atoms with van der Waals surface area (Å²) in [5.41, 5.74) is 8.78. The van der Waals surface area contributed by atoms with E-state index in [1.165, 1.54) is 41.5 Å². The van der Waals surface area contributed by atoms with Crippen molar-refractivity contribution in [1.29, 1.82) is 0 Å². The van der Waals surface area contributed by atoms with Crippen LogP contribution in [-0.4, -0.2) is 0 Å². The Labute approximate surface area is 210 Å². The molecule has 0 saturated heterocycles. The van der Waals surface area contributed by atoms with Gasteiger partial charge in [-0.3, -0.25) is 0 Å². The molecule has 0 N–H and O–H groups in total. The zero-order valence-corrected chi connectivity index (χ0v) is 21.7. The van der Waals surface area contributed by atoms with Gasteiger partial charge in [0.15, 0.2) is 0 Å². The summed E-state index contributed by atoms with van der Waals surface area (Å²) >= 11 is -0.749. The molecule has 0 aliphatic heterocycles. The molecule has 5 rings (SSSR count). The van der Waals surface area contributed by atoms with Crippen molar-refractivity contribution >= 4 is 12.2 Å². The SMILES string of the molecule is CCCCC1[C]([Zr+2][CH]2C=Cc3c(-c4ccccc4)cccc32)=Cc2ccccc21.[Cl-].[Cl-]. The quantitative estimate of drug-likeness (QED) is 0.462. The summed E-state index contributed by atoms with van der Waals surface area (Å²) in [7, 11) is 0. The molecule has 31 heavy (non-hydrogen) atoms. The molecule has 3 heteroatoms. The number of unbranched alkanes of at least 4 members (excludes halogenated alkanes) is 1. The van der Waals surface area contributed by atoms with Crippen molar-refractivity contribution in [2.75, 3.05) is 0 Å². The Morgan fingerprint density at radius 1 is 0.806 bits per heavy atom. The van der Waals surface area contributed by atoms with Gasteiger partial charge in [0.05, 0.1) is 0 Å². The molecular formula is C28H26Cl2Zr. The summed E-state index contributed by atoms with van der Waals surface area (Å²) < 4.78 is 2.44. The van der Waals surface area contributed by atoms with Crippen molar-refractivity contribution in [2.45, 2.75) is 35.7 Å². The number of allylic oxidation sites excluding steroid dienone is 2. The number of benzene rings is 3. The maximum atomic E-state index is 2.55. The van der Waals surface area contributed by atoms with Gasteiger partial charge in [-0.2, -0.15) is 0 Å². The Hall–Kier alpha value is -1.40. The third-order valence-electron chi connectivity index (χ3n) is 6.24. The number of rotatable bonds is 6. The molecule has 0 amide bonds. The first-order valence-corrected chi connectivity index (χ1v) is 13.4. The second-order valence-corrected chi connectivity index (χ2v) is 11.7. The molecule has 0 bridgehead atoms. The van der Waals surface area contributed by atoms with Crippen molar-refractivity contribution in [2.24, 2.45) is 0 Å². The average molecular weight is 525 g/mol. The van der Waals surface area contributed by atoms with Crippen LogP contribution in [0.15, 0.2) is 82.2 Å². The average Bonchev–Trinajstić information content (AvgIpc) is 3.34. The van der Waals surface area contributed by atoms with Crippen LogP contribution in [0, 0.1) is 0 Å². The summed E-state index contributed by atoms with van der Waals surface area (Å²) in [4.78, 5) is 0. The first-order chi connectivity index (χ1) is 14.3. The van der Waals surface area contributed by atoms with E-state index in [9.17, 15) is 0 Å². The molecule has 2 aliphatic carbocycles. The van der Waals surface area contributed by atoms with Crippen molar-refractivity contribution in [1.82, 2.24) is 0 Å². The van der Waals surface area contributed by atoms with Crippen LogP contribution < -0.4 is 24.8 Å². The molecule has 0 saturated carbocycles. The fraction of sp³-hybridized carbons (Fsp3) is 0.214. The van der Waals surface area contributed by atoms with E-state index in [-0.39, 0.29) is 24.8 Å². The molecule has 0 fully saturated rings. The Kier molecular flexibility index (Phi) is 8.57. The van der Waals surface area contributed by atoms with E-state index in [0.717, 1.165) is 0 Å². The number of hydrogen-bond donors (Lipinski definition) is 0. The molecule has 2 atom stereocenters. The first-order valence-electron chi connectivity index (χ1n) is 10.8. The summed E-state index contributed by atoms with van der Waals surface area (Å²) in [5.74, 6) is 0.674. The van der Waals surface area contributed by atoms with Crippen LogP contribution in [0.2, 0.25) is 0 Å². The molecule has 0 heterocycles. The van der Waals surface area contributed by atoms with E-state index in [4.69, 9.17) is 0 Å². The first kappa shape index (κ1) is 24.2. The fourth-order valence-corrected chi connectivity index (χ4v) is 8.94. The predicted molar refractivity (Wildman–Crippen MR) is 120 cm³/mol. The van der Waals surface area contributed by atoms with Gasteiger partial charge in [-0.15, -0.1) is 0 Å². The van der Waals surface area contributed by atoms with Gasteiger partial charge >= 0.3 is 187 Å². The minimum absolute atomic E-state index is 0. The number of hydrogen-bond acceptors (Lipinski definition) is 0. The minimum Gasteiger partial charge on any atom is -1.00 e. The zero-order valence-electron chi connectivity index (χ0n) is 17.7. The largest absolute Gasteiger partial charge is 1.00 e.